The van der Waals surface area contributed by atoms with Crippen molar-refractivity contribution in [2.24, 2.45) is 7.05 Å². The van der Waals surface area contributed by atoms with E-state index in [-0.39, 0.29) is 11.5 Å². The Morgan fingerprint density at radius 1 is 1.14 bits per heavy atom. The van der Waals surface area contributed by atoms with E-state index in [1.54, 1.807) is 36.7 Å². The molecular weight excluding hydrogens is 403 g/mol. The number of carbonyl (C=O) groups excluding carboxylic acids is 1. The Morgan fingerprint density at radius 2 is 1.93 bits per heavy atom. The number of aryl methyl sites for hydroxylation is 1. The van der Waals surface area contributed by atoms with E-state index in [0.29, 0.717) is 32.8 Å². The first-order chi connectivity index (χ1) is 13.5. The molecule has 0 bridgehead atoms. The van der Waals surface area contributed by atoms with E-state index in [9.17, 15) is 9.18 Å². The van der Waals surface area contributed by atoms with Crippen molar-refractivity contribution in [1.29, 1.82) is 0 Å². The average Bonchev–Trinajstić information content (AvgIpc) is 3.30. The maximum Gasteiger partial charge on any atom is 0.280 e. The monoisotopic (exact) mass is 414 g/mol. The van der Waals surface area contributed by atoms with Crippen molar-refractivity contribution in [2.75, 3.05) is 5.32 Å². The standard InChI is InChI=1S/C18H12ClFN6OS/c1-26-24-15(10-2-5-12(20)6-3-10)16(25-26)17(27)23-18-22-14(9-28-18)13-7-4-11(19)8-21-13/h2-9H,1H3,(H,22,23,27). The number of rotatable bonds is 4. The zero-order chi connectivity index (χ0) is 19.7. The number of anilines is 1. The van der Waals surface area contributed by atoms with Gasteiger partial charge in [-0.05, 0) is 36.4 Å². The van der Waals surface area contributed by atoms with E-state index in [1.807, 2.05) is 0 Å². The Bertz CT molecular complexity index is 1140. The van der Waals surface area contributed by atoms with Crippen LogP contribution in [0.1, 0.15) is 10.5 Å². The lowest BCUT2D eigenvalue weighted by Gasteiger charge is -2.01. The summed E-state index contributed by atoms with van der Waals surface area (Å²) in [7, 11) is 1.61. The lowest BCUT2D eigenvalue weighted by Crippen LogP contribution is -2.14. The van der Waals surface area contributed by atoms with E-state index in [4.69, 9.17) is 11.6 Å². The van der Waals surface area contributed by atoms with Crippen LogP contribution in [0.4, 0.5) is 9.52 Å². The second-order valence-electron chi connectivity index (χ2n) is 5.75. The van der Waals surface area contributed by atoms with E-state index < -0.39 is 5.91 Å². The number of aromatic nitrogens is 5. The number of benzene rings is 1. The van der Waals surface area contributed by atoms with Crippen molar-refractivity contribution in [2.45, 2.75) is 0 Å². The van der Waals surface area contributed by atoms with Gasteiger partial charge in [-0.25, -0.2) is 9.37 Å². The maximum absolute atomic E-state index is 13.2. The molecule has 4 rings (SSSR count). The highest BCUT2D eigenvalue weighted by Crippen LogP contribution is 2.26. The number of amides is 1. The van der Waals surface area contributed by atoms with Gasteiger partial charge in [0.15, 0.2) is 10.8 Å². The molecule has 0 aliphatic rings. The Labute approximate surface area is 167 Å². The van der Waals surface area contributed by atoms with Crippen molar-refractivity contribution in [1.82, 2.24) is 25.0 Å². The molecule has 7 nitrogen and oxygen atoms in total. The third-order valence-corrected chi connectivity index (χ3v) is 4.74. The summed E-state index contributed by atoms with van der Waals surface area (Å²) in [5, 5.41) is 13.8. The molecule has 1 amide bonds. The number of nitrogens with zero attached hydrogens (tertiary/aromatic N) is 5. The van der Waals surface area contributed by atoms with Crippen LogP contribution >= 0.6 is 22.9 Å². The SMILES string of the molecule is Cn1nc(C(=O)Nc2nc(-c3ccc(Cl)cn3)cs2)c(-c2ccc(F)cc2)n1. The quantitative estimate of drug-likeness (QED) is 0.544. The largest absolute Gasteiger partial charge is 0.296 e. The number of pyridine rings is 1. The number of thiazole rings is 1. The highest BCUT2D eigenvalue weighted by molar-refractivity contribution is 7.14. The molecule has 0 unspecified atom stereocenters. The van der Waals surface area contributed by atoms with E-state index in [0.717, 1.165) is 0 Å². The van der Waals surface area contributed by atoms with Crippen molar-refractivity contribution >= 4 is 34.0 Å². The second kappa shape index (κ2) is 7.45. The van der Waals surface area contributed by atoms with Gasteiger partial charge in [0.25, 0.3) is 5.91 Å². The molecule has 0 spiro atoms. The Morgan fingerprint density at radius 3 is 2.64 bits per heavy atom. The maximum atomic E-state index is 13.2. The van der Waals surface area contributed by atoms with Crippen molar-refractivity contribution in [3.8, 4) is 22.6 Å². The topological polar surface area (TPSA) is 85.6 Å². The van der Waals surface area contributed by atoms with Gasteiger partial charge in [0, 0.05) is 24.2 Å². The van der Waals surface area contributed by atoms with Crippen molar-refractivity contribution < 1.29 is 9.18 Å². The molecule has 4 aromatic rings. The molecule has 0 radical (unpaired) electrons. The number of halogens is 2. The zero-order valence-electron chi connectivity index (χ0n) is 14.4. The van der Waals surface area contributed by atoms with Gasteiger partial charge in [-0.2, -0.15) is 9.90 Å². The molecular formula is C18H12ClFN6OS. The number of hydrogen-bond acceptors (Lipinski definition) is 6. The lowest BCUT2D eigenvalue weighted by atomic mass is 10.1. The van der Waals surface area contributed by atoms with Crippen LogP contribution in [-0.4, -0.2) is 30.9 Å². The fraction of sp³-hybridized carbons (Fsp3) is 0.0556. The van der Waals surface area contributed by atoms with Crippen LogP contribution in [0.15, 0.2) is 48.0 Å². The molecule has 0 saturated carbocycles. The smallest absolute Gasteiger partial charge is 0.280 e. The molecule has 28 heavy (non-hydrogen) atoms. The first kappa shape index (κ1) is 18.2. The minimum absolute atomic E-state index is 0.121. The molecule has 0 aliphatic heterocycles. The van der Waals surface area contributed by atoms with Crippen LogP contribution in [0.5, 0.6) is 0 Å². The third kappa shape index (κ3) is 3.75. The number of nitrogens with one attached hydrogen (secondary N) is 1. The minimum atomic E-state index is -0.461. The van der Waals surface area contributed by atoms with Crippen LogP contribution in [0, 0.1) is 5.82 Å². The third-order valence-electron chi connectivity index (χ3n) is 3.76. The second-order valence-corrected chi connectivity index (χ2v) is 7.04. The van der Waals surface area contributed by atoms with Crippen LogP contribution in [0.3, 0.4) is 0 Å². The fourth-order valence-corrected chi connectivity index (χ4v) is 3.31. The van der Waals surface area contributed by atoms with Gasteiger partial charge in [-0.3, -0.25) is 15.1 Å². The molecule has 0 aliphatic carbocycles. The number of hydrogen-bond donors (Lipinski definition) is 1. The summed E-state index contributed by atoms with van der Waals surface area (Å²) in [5.41, 5.74) is 2.33. The molecule has 0 atom stereocenters. The highest BCUT2D eigenvalue weighted by Gasteiger charge is 2.20. The molecule has 140 valence electrons. The molecule has 3 heterocycles. The highest BCUT2D eigenvalue weighted by atomic mass is 35.5. The molecule has 0 fully saturated rings. The van der Waals surface area contributed by atoms with Crippen LogP contribution < -0.4 is 5.32 Å². The fourth-order valence-electron chi connectivity index (χ4n) is 2.49. The predicted molar refractivity (Wildman–Crippen MR) is 105 cm³/mol. The summed E-state index contributed by atoms with van der Waals surface area (Å²) < 4.78 is 13.2. The van der Waals surface area contributed by atoms with Gasteiger partial charge in [0.05, 0.1) is 10.7 Å². The Balaban J connectivity index is 1.58. The van der Waals surface area contributed by atoms with E-state index in [1.165, 1.54) is 34.5 Å². The first-order valence-electron chi connectivity index (χ1n) is 8.05. The van der Waals surface area contributed by atoms with Crippen LogP contribution in [0.25, 0.3) is 22.6 Å². The van der Waals surface area contributed by atoms with Gasteiger partial charge >= 0.3 is 0 Å². The van der Waals surface area contributed by atoms with Crippen LogP contribution in [0.2, 0.25) is 5.02 Å². The zero-order valence-corrected chi connectivity index (χ0v) is 16.0. The minimum Gasteiger partial charge on any atom is -0.296 e. The summed E-state index contributed by atoms with van der Waals surface area (Å²) >= 11 is 7.11. The van der Waals surface area contributed by atoms with Gasteiger partial charge < -0.3 is 0 Å². The Hall–Kier alpha value is -3.17. The molecule has 3 aromatic heterocycles. The molecule has 0 saturated heterocycles. The summed E-state index contributed by atoms with van der Waals surface area (Å²) in [5.74, 6) is -0.831. The van der Waals surface area contributed by atoms with Crippen LogP contribution in [-0.2, 0) is 7.05 Å². The van der Waals surface area contributed by atoms with Gasteiger partial charge in [-0.15, -0.1) is 16.4 Å². The summed E-state index contributed by atoms with van der Waals surface area (Å²) in [4.78, 5) is 22.6. The molecule has 1 N–H and O–H groups in total. The Kier molecular flexibility index (Phi) is 4.84. The summed E-state index contributed by atoms with van der Waals surface area (Å²) in [6, 6.07) is 9.16. The summed E-state index contributed by atoms with van der Waals surface area (Å²) in [6.45, 7) is 0. The van der Waals surface area contributed by atoms with Crippen molar-refractivity contribution in [3.63, 3.8) is 0 Å². The molecule has 10 heteroatoms. The first-order valence-corrected chi connectivity index (χ1v) is 9.31. The van der Waals surface area contributed by atoms with Gasteiger partial charge in [-0.1, -0.05) is 11.6 Å². The lowest BCUT2D eigenvalue weighted by molar-refractivity contribution is 0.102. The average molecular weight is 415 g/mol. The number of carbonyl (C=O) groups is 1. The molecule has 1 aromatic carbocycles. The predicted octanol–water partition coefficient (Wildman–Crippen LogP) is 4.05. The van der Waals surface area contributed by atoms with E-state index in [2.05, 4.69) is 25.5 Å². The normalized spacial score (nSPS) is 10.8. The van der Waals surface area contributed by atoms with Gasteiger partial charge in [0.2, 0.25) is 0 Å². The van der Waals surface area contributed by atoms with E-state index >= 15 is 0 Å². The summed E-state index contributed by atoms with van der Waals surface area (Å²) in [6.07, 6.45) is 1.53. The van der Waals surface area contributed by atoms with Crippen molar-refractivity contribution in [3.05, 3.63) is 64.5 Å². The van der Waals surface area contributed by atoms with Gasteiger partial charge in [0.1, 0.15) is 17.2 Å².